The maximum absolute atomic E-state index is 11.9. The van der Waals surface area contributed by atoms with Crippen molar-refractivity contribution < 1.29 is 4.79 Å². The molecule has 0 spiro atoms. The summed E-state index contributed by atoms with van der Waals surface area (Å²) in [5.74, 6) is 0.161. The Morgan fingerprint density at radius 2 is 2.06 bits per heavy atom. The van der Waals surface area contributed by atoms with E-state index >= 15 is 0 Å². The molecule has 1 rings (SSSR count). The van der Waals surface area contributed by atoms with Crippen molar-refractivity contribution in [2.24, 2.45) is 11.1 Å². The van der Waals surface area contributed by atoms with E-state index in [0.717, 1.165) is 12.1 Å². The molecule has 0 saturated heterocycles. The molecule has 0 bridgehead atoms. The van der Waals surface area contributed by atoms with Crippen molar-refractivity contribution >= 4 is 5.78 Å². The molecule has 0 aromatic carbocycles. The fourth-order valence-electron chi connectivity index (χ4n) is 1.59. The lowest BCUT2D eigenvalue weighted by atomic mass is 9.84. The number of aryl methyl sites for hydroxylation is 1. The number of carbonyl (C=O) groups excluding carboxylic acids is 1. The number of rotatable bonds is 5. The molecule has 0 saturated carbocycles. The number of pyridine rings is 1. The minimum atomic E-state index is -0.0973. The van der Waals surface area contributed by atoms with Gasteiger partial charge >= 0.3 is 0 Å². The van der Waals surface area contributed by atoms with Crippen LogP contribution in [0.2, 0.25) is 0 Å². The topological polar surface area (TPSA) is 56.0 Å². The molecule has 1 heterocycles. The van der Waals surface area contributed by atoms with E-state index in [1.807, 2.05) is 18.3 Å². The quantitative estimate of drug-likeness (QED) is 0.871. The SMILES string of the molecule is CCc1ccc(CC(=O)CC(N)C(C)(C)C)nc1. The molecule has 1 unspecified atom stereocenters. The van der Waals surface area contributed by atoms with Gasteiger partial charge < -0.3 is 5.73 Å². The molecule has 0 amide bonds. The largest absolute Gasteiger partial charge is 0.327 e. The van der Waals surface area contributed by atoms with E-state index in [2.05, 4.69) is 32.7 Å². The number of carbonyl (C=O) groups is 1. The molecule has 0 radical (unpaired) electrons. The highest BCUT2D eigenvalue weighted by Gasteiger charge is 2.23. The summed E-state index contributed by atoms with van der Waals surface area (Å²) in [7, 11) is 0. The van der Waals surface area contributed by atoms with Crippen molar-refractivity contribution in [3.05, 3.63) is 29.6 Å². The van der Waals surface area contributed by atoms with Crippen LogP contribution in [0.1, 0.15) is 45.4 Å². The number of aromatic nitrogens is 1. The first-order valence-corrected chi connectivity index (χ1v) is 6.54. The van der Waals surface area contributed by atoms with Crippen molar-refractivity contribution in [1.29, 1.82) is 0 Å². The van der Waals surface area contributed by atoms with Gasteiger partial charge in [0.05, 0.1) is 0 Å². The van der Waals surface area contributed by atoms with Crippen molar-refractivity contribution in [2.45, 2.75) is 53.0 Å². The molecule has 1 aromatic rings. The summed E-state index contributed by atoms with van der Waals surface area (Å²) in [6, 6.07) is 3.86. The van der Waals surface area contributed by atoms with Gasteiger partial charge in [-0.15, -0.1) is 0 Å². The predicted molar refractivity (Wildman–Crippen MR) is 74.4 cm³/mol. The number of Topliss-reactive ketones (excluding diaryl/α,β-unsaturated/α-hetero) is 1. The molecular formula is C15H24N2O. The average molecular weight is 248 g/mol. The van der Waals surface area contributed by atoms with Crippen LogP contribution in [0.25, 0.3) is 0 Å². The number of nitrogens with zero attached hydrogens (tertiary/aromatic N) is 1. The van der Waals surface area contributed by atoms with Gasteiger partial charge in [0.1, 0.15) is 5.78 Å². The van der Waals surface area contributed by atoms with E-state index in [9.17, 15) is 4.79 Å². The molecule has 2 N–H and O–H groups in total. The fourth-order valence-corrected chi connectivity index (χ4v) is 1.59. The molecule has 0 fully saturated rings. The van der Waals surface area contributed by atoms with E-state index in [4.69, 9.17) is 5.73 Å². The molecule has 18 heavy (non-hydrogen) atoms. The normalized spacial score (nSPS) is 13.4. The lowest BCUT2D eigenvalue weighted by Gasteiger charge is -2.26. The number of nitrogens with two attached hydrogens (primary N) is 1. The van der Waals surface area contributed by atoms with Crippen molar-refractivity contribution in [2.75, 3.05) is 0 Å². The van der Waals surface area contributed by atoms with E-state index in [0.29, 0.717) is 12.8 Å². The predicted octanol–water partition coefficient (Wildman–Crippen LogP) is 2.52. The highest BCUT2D eigenvalue weighted by atomic mass is 16.1. The minimum absolute atomic E-state index is 0.0326. The standard InChI is InChI=1S/C15H24N2O/c1-5-11-6-7-12(17-10-11)8-13(18)9-14(16)15(2,3)4/h6-7,10,14H,5,8-9,16H2,1-4H3. The lowest BCUT2D eigenvalue weighted by molar-refractivity contribution is -0.119. The first-order chi connectivity index (χ1) is 8.32. The maximum atomic E-state index is 11.9. The van der Waals surface area contributed by atoms with Crippen LogP contribution in [0.4, 0.5) is 0 Å². The molecule has 3 heteroatoms. The first kappa shape index (κ1) is 14.8. The Balaban J connectivity index is 2.54. The van der Waals surface area contributed by atoms with Crippen LogP contribution in [-0.4, -0.2) is 16.8 Å². The molecule has 1 atom stereocenters. The summed E-state index contributed by atoms with van der Waals surface area (Å²) in [5, 5.41) is 0. The second-order valence-electron chi connectivity index (χ2n) is 5.90. The molecular weight excluding hydrogens is 224 g/mol. The van der Waals surface area contributed by atoms with Gasteiger partial charge in [-0.25, -0.2) is 0 Å². The maximum Gasteiger partial charge on any atom is 0.140 e. The zero-order valence-corrected chi connectivity index (χ0v) is 11.9. The van der Waals surface area contributed by atoms with Crippen molar-refractivity contribution in [3.8, 4) is 0 Å². The van der Waals surface area contributed by atoms with Crippen LogP contribution in [0.15, 0.2) is 18.3 Å². The van der Waals surface area contributed by atoms with Crippen LogP contribution in [0.3, 0.4) is 0 Å². The van der Waals surface area contributed by atoms with E-state index in [1.54, 1.807) is 0 Å². The fraction of sp³-hybridized carbons (Fsp3) is 0.600. The Morgan fingerprint density at radius 3 is 2.50 bits per heavy atom. The Morgan fingerprint density at radius 1 is 1.39 bits per heavy atom. The number of hydrogen-bond acceptors (Lipinski definition) is 3. The van der Waals surface area contributed by atoms with Crippen LogP contribution in [0.5, 0.6) is 0 Å². The smallest absolute Gasteiger partial charge is 0.140 e. The van der Waals surface area contributed by atoms with Gasteiger partial charge in [0.2, 0.25) is 0 Å². The van der Waals surface area contributed by atoms with Crippen LogP contribution < -0.4 is 5.73 Å². The van der Waals surface area contributed by atoms with E-state index < -0.39 is 0 Å². The first-order valence-electron chi connectivity index (χ1n) is 6.54. The van der Waals surface area contributed by atoms with E-state index in [1.165, 1.54) is 5.56 Å². The zero-order chi connectivity index (χ0) is 13.8. The molecule has 1 aromatic heterocycles. The van der Waals surface area contributed by atoms with Crippen LogP contribution in [-0.2, 0) is 17.6 Å². The van der Waals surface area contributed by atoms with Gasteiger partial charge in [-0.05, 0) is 23.5 Å². The van der Waals surface area contributed by atoms with Crippen molar-refractivity contribution in [1.82, 2.24) is 4.98 Å². The van der Waals surface area contributed by atoms with Crippen LogP contribution >= 0.6 is 0 Å². The minimum Gasteiger partial charge on any atom is -0.327 e. The van der Waals surface area contributed by atoms with Crippen molar-refractivity contribution in [3.63, 3.8) is 0 Å². The molecule has 0 aliphatic heterocycles. The van der Waals surface area contributed by atoms with Gasteiger partial charge in [-0.1, -0.05) is 33.8 Å². The monoisotopic (exact) mass is 248 g/mol. The summed E-state index contributed by atoms with van der Waals surface area (Å²) < 4.78 is 0. The Kier molecular flexibility index (Phi) is 5.03. The average Bonchev–Trinajstić information content (AvgIpc) is 2.28. The molecule has 100 valence electrons. The Bertz CT molecular complexity index is 390. The second-order valence-corrected chi connectivity index (χ2v) is 5.90. The summed E-state index contributed by atoms with van der Waals surface area (Å²) in [5.41, 5.74) is 8.00. The summed E-state index contributed by atoms with van der Waals surface area (Å²) in [4.78, 5) is 16.2. The second kappa shape index (κ2) is 6.10. The Hall–Kier alpha value is -1.22. The van der Waals surface area contributed by atoms with Gasteiger partial charge in [-0.3, -0.25) is 9.78 Å². The third kappa shape index (κ3) is 4.57. The zero-order valence-electron chi connectivity index (χ0n) is 11.9. The molecule has 0 aliphatic rings. The van der Waals surface area contributed by atoms with Gasteiger partial charge in [0, 0.05) is 30.8 Å². The lowest BCUT2D eigenvalue weighted by Crippen LogP contribution is -2.37. The number of hydrogen-bond donors (Lipinski definition) is 1. The van der Waals surface area contributed by atoms with Gasteiger partial charge in [0.15, 0.2) is 0 Å². The summed E-state index contributed by atoms with van der Waals surface area (Å²) in [6.45, 7) is 8.25. The number of ketones is 1. The summed E-state index contributed by atoms with van der Waals surface area (Å²) >= 11 is 0. The van der Waals surface area contributed by atoms with E-state index in [-0.39, 0.29) is 17.2 Å². The van der Waals surface area contributed by atoms with Gasteiger partial charge in [0.25, 0.3) is 0 Å². The Labute approximate surface area is 110 Å². The summed E-state index contributed by atoms with van der Waals surface area (Å²) in [6.07, 6.45) is 3.61. The third-order valence-corrected chi connectivity index (χ3v) is 3.23. The molecule has 3 nitrogen and oxygen atoms in total. The molecule has 0 aliphatic carbocycles. The van der Waals surface area contributed by atoms with Gasteiger partial charge in [-0.2, -0.15) is 0 Å². The van der Waals surface area contributed by atoms with Crippen LogP contribution in [0, 0.1) is 5.41 Å². The highest BCUT2D eigenvalue weighted by molar-refractivity contribution is 5.81. The highest BCUT2D eigenvalue weighted by Crippen LogP contribution is 2.20. The third-order valence-electron chi connectivity index (χ3n) is 3.23.